The monoisotopic (exact) mass is 202 g/mol. The van der Waals surface area contributed by atoms with E-state index < -0.39 is 0 Å². The van der Waals surface area contributed by atoms with E-state index in [4.69, 9.17) is 11.6 Å². The van der Waals surface area contributed by atoms with Gasteiger partial charge >= 0.3 is 0 Å². The van der Waals surface area contributed by atoms with Crippen molar-refractivity contribution >= 4 is 40.8 Å². The summed E-state index contributed by atoms with van der Waals surface area (Å²) >= 11 is 9.10. The standard InChI is InChI=1S/C6H5BBrCl/c7-5-3-4(8)1-2-6(5)9/h1-3H,7H2. The predicted octanol–water partition coefficient (Wildman–Crippen LogP) is 1.36. The van der Waals surface area contributed by atoms with Crippen molar-refractivity contribution in [3.8, 4) is 0 Å². The van der Waals surface area contributed by atoms with Crippen molar-refractivity contribution in [1.29, 1.82) is 0 Å². The third-order valence-electron chi connectivity index (χ3n) is 1.12. The first-order valence-corrected chi connectivity index (χ1v) is 3.79. The van der Waals surface area contributed by atoms with Crippen LogP contribution >= 0.6 is 27.5 Å². The first kappa shape index (κ1) is 7.17. The second-order valence-corrected chi connectivity index (χ2v) is 3.22. The van der Waals surface area contributed by atoms with E-state index in [9.17, 15) is 0 Å². The van der Waals surface area contributed by atoms with Crippen LogP contribution in [0.15, 0.2) is 22.7 Å². The lowest BCUT2D eigenvalue weighted by atomic mass is 9.97. The molecule has 9 heavy (non-hydrogen) atoms. The van der Waals surface area contributed by atoms with Crippen molar-refractivity contribution in [2.75, 3.05) is 0 Å². The maximum absolute atomic E-state index is 5.76. The minimum absolute atomic E-state index is 0.818. The van der Waals surface area contributed by atoms with E-state index in [2.05, 4.69) is 15.9 Å². The molecule has 0 unspecified atom stereocenters. The van der Waals surface area contributed by atoms with Gasteiger partial charge in [-0.3, -0.25) is 0 Å². The zero-order chi connectivity index (χ0) is 6.85. The molecule has 3 heteroatoms. The van der Waals surface area contributed by atoms with Crippen LogP contribution < -0.4 is 5.46 Å². The minimum Gasteiger partial charge on any atom is -0.0850 e. The number of halogens is 2. The first-order chi connectivity index (χ1) is 4.20. The van der Waals surface area contributed by atoms with Gasteiger partial charge in [0.2, 0.25) is 0 Å². The van der Waals surface area contributed by atoms with Gasteiger partial charge in [-0.15, -0.1) is 0 Å². The summed E-state index contributed by atoms with van der Waals surface area (Å²) in [6.45, 7) is 0. The van der Waals surface area contributed by atoms with Crippen molar-refractivity contribution in [2.45, 2.75) is 0 Å². The number of rotatable bonds is 0. The summed E-state index contributed by atoms with van der Waals surface area (Å²) in [6, 6.07) is 5.79. The molecule has 0 saturated carbocycles. The Kier molecular flexibility index (Phi) is 2.20. The molecule has 0 fully saturated rings. The first-order valence-electron chi connectivity index (χ1n) is 2.62. The lowest BCUT2D eigenvalue weighted by Gasteiger charge is -1.95. The van der Waals surface area contributed by atoms with Gasteiger partial charge in [0, 0.05) is 9.50 Å². The SMILES string of the molecule is Bc1cc(Br)ccc1Cl. The van der Waals surface area contributed by atoms with Crippen LogP contribution in [0.3, 0.4) is 0 Å². The van der Waals surface area contributed by atoms with Crippen LogP contribution in [0, 0.1) is 0 Å². The smallest absolute Gasteiger partial charge is 0.0850 e. The van der Waals surface area contributed by atoms with Gasteiger partial charge in [0.05, 0.1) is 0 Å². The van der Waals surface area contributed by atoms with Gasteiger partial charge in [-0.2, -0.15) is 0 Å². The summed E-state index contributed by atoms with van der Waals surface area (Å²) in [5.74, 6) is 0. The largest absolute Gasteiger partial charge is 0.141 e. The van der Waals surface area contributed by atoms with Crippen LogP contribution in [0.4, 0.5) is 0 Å². The Morgan fingerprint density at radius 2 is 2.11 bits per heavy atom. The second kappa shape index (κ2) is 2.76. The summed E-state index contributed by atoms with van der Waals surface area (Å²) < 4.78 is 1.07. The topological polar surface area (TPSA) is 0 Å². The Bertz CT molecular complexity index is 224. The summed E-state index contributed by atoms with van der Waals surface area (Å²) in [7, 11) is 1.98. The second-order valence-electron chi connectivity index (χ2n) is 1.89. The summed E-state index contributed by atoms with van der Waals surface area (Å²) in [6.07, 6.45) is 0. The van der Waals surface area contributed by atoms with Gasteiger partial charge in [-0.05, 0) is 12.1 Å². The van der Waals surface area contributed by atoms with E-state index in [1.54, 1.807) is 0 Å². The highest BCUT2D eigenvalue weighted by molar-refractivity contribution is 9.10. The molecule has 1 aromatic rings. The molecule has 0 aliphatic carbocycles. The van der Waals surface area contributed by atoms with Gasteiger partial charge in [-0.1, -0.05) is 39.1 Å². The van der Waals surface area contributed by atoms with E-state index in [1.165, 1.54) is 0 Å². The fourth-order valence-corrected chi connectivity index (χ4v) is 1.20. The van der Waals surface area contributed by atoms with Crippen LogP contribution in [0.1, 0.15) is 0 Å². The Morgan fingerprint density at radius 1 is 1.44 bits per heavy atom. The lowest BCUT2D eigenvalue weighted by molar-refractivity contribution is 1.70. The van der Waals surface area contributed by atoms with Crippen molar-refractivity contribution in [1.82, 2.24) is 0 Å². The molecule has 0 spiro atoms. The zero-order valence-corrected chi connectivity index (χ0v) is 7.33. The maximum atomic E-state index is 5.76. The molecule has 0 aliphatic heterocycles. The van der Waals surface area contributed by atoms with Crippen molar-refractivity contribution in [3.63, 3.8) is 0 Å². The zero-order valence-electron chi connectivity index (χ0n) is 4.99. The molecule has 0 saturated heterocycles. The molecular weight excluding hydrogens is 198 g/mol. The minimum atomic E-state index is 0.818. The molecule has 0 aromatic heterocycles. The van der Waals surface area contributed by atoms with Crippen molar-refractivity contribution in [2.24, 2.45) is 0 Å². The van der Waals surface area contributed by atoms with Crippen LogP contribution in [0.2, 0.25) is 5.02 Å². The third kappa shape index (κ3) is 1.73. The Hall–Kier alpha value is 0.0549. The maximum Gasteiger partial charge on any atom is 0.141 e. The molecule has 0 bridgehead atoms. The normalized spacial score (nSPS) is 9.56. The van der Waals surface area contributed by atoms with E-state index in [1.807, 2.05) is 26.0 Å². The molecule has 0 nitrogen and oxygen atoms in total. The summed E-state index contributed by atoms with van der Waals surface area (Å²) in [5, 5.41) is 0.818. The van der Waals surface area contributed by atoms with Gasteiger partial charge in [-0.25, -0.2) is 0 Å². The number of hydrogen-bond donors (Lipinski definition) is 0. The predicted molar refractivity (Wildman–Crippen MR) is 47.3 cm³/mol. The third-order valence-corrected chi connectivity index (χ3v) is 2.04. The molecule has 46 valence electrons. The van der Waals surface area contributed by atoms with Crippen LogP contribution in [-0.2, 0) is 0 Å². The van der Waals surface area contributed by atoms with Crippen LogP contribution in [0.25, 0.3) is 0 Å². The number of hydrogen-bond acceptors (Lipinski definition) is 0. The Balaban J connectivity index is 3.17. The van der Waals surface area contributed by atoms with E-state index in [-0.39, 0.29) is 0 Å². The van der Waals surface area contributed by atoms with Crippen molar-refractivity contribution in [3.05, 3.63) is 27.7 Å². The van der Waals surface area contributed by atoms with Crippen LogP contribution in [-0.4, -0.2) is 7.85 Å². The average molecular weight is 203 g/mol. The molecule has 0 atom stereocenters. The fraction of sp³-hybridized carbons (Fsp3) is 0. The highest BCUT2D eigenvalue weighted by Gasteiger charge is 1.92. The quantitative estimate of drug-likeness (QED) is 0.559. The fourth-order valence-electron chi connectivity index (χ4n) is 0.608. The van der Waals surface area contributed by atoms with Crippen molar-refractivity contribution < 1.29 is 0 Å². The molecule has 1 rings (SSSR count). The van der Waals surface area contributed by atoms with E-state index in [0.717, 1.165) is 15.0 Å². The lowest BCUT2D eigenvalue weighted by Crippen LogP contribution is -2.02. The molecule has 0 heterocycles. The summed E-state index contributed by atoms with van der Waals surface area (Å²) in [4.78, 5) is 0. The van der Waals surface area contributed by atoms with E-state index in [0.29, 0.717) is 0 Å². The Labute approximate surface area is 68.8 Å². The van der Waals surface area contributed by atoms with Gasteiger partial charge in [0.15, 0.2) is 0 Å². The van der Waals surface area contributed by atoms with E-state index >= 15 is 0 Å². The molecule has 0 radical (unpaired) electrons. The van der Waals surface area contributed by atoms with Gasteiger partial charge in [0.1, 0.15) is 7.85 Å². The molecule has 0 aliphatic rings. The number of benzene rings is 1. The molecule has 0 N–H and O–H groups in total. The summed E-state index contributed by atoms with van der Waals surface area (Å²) in [5.41, 5.74) is 1.10. The highest BCUT2D eigenvalue weighted by Crippen LogP contribution is 2.10. The Morgan fingerprint density at radius 3 is 2.56 bits per heavy atom. The average Bonchev–Trinajstić information content (AvgIpc) is 1.80. The molecule has 1 aromatic carbocycles. The van der Waals surface area contributed by atoms with Gasteiger partial charge < -0.3 is 0 Å². The van der Waals surface area contributed by atoms with Crippen LogP contribution in [0.5, 0.6) is 0 Å². The molecule has 0 amide bonds. The highest BCUT2D eigenvalue weighted by atomic mass is 79.9. The van der Waals surface area contributed by atoms with Gasteiger partial charge in [0.25, 0.3) is 0 Å². The molecular formula is C6H5BBrCl.